The highest BCUT2D eigenvalue weighted by atomic mass is 16.5. The first-order valence-electron chi connectivity index (χ1n) is 5.89. The number of rotatable bonds is 3. The summed E-state index contributed by atoms with van der Waals surface area (Å²) in [6.07, 6.45) is 1.34. The van der Waals surface area contributed by atoms with E-state index in [1.807, 2.05) is 24.3 Å². The van der Waals surface area contributed by atoms with Crippen LogP contribution in [-0.4, -0.2) is 23.7 Å². The number of ether oxygens (including phenoxy) is 2. The quantitative estimate of drug-likeness (QED) is 0.869. The molecule has 1 aliphatic rings. The molecule has 0 fully saturated rings. The summed E-state index contributed by atoms with van der Waals surface area (Å²) in [5.74, 6) is 1.44. The second kappa shape index (κ2) is 4.64. The van der Waals surface area contributed by atoms with Gasteiger partial charge in [-0.3, -0.25) is 4.79 Å². The van der Waals surface area contributed by atoms with Crippen molar-refractivity contribution in [2.75, 3.05) is 19.0 Å². The molecule has 2 N–H and O–H groups in total. The molecule has 1 aromatic heterocycles. The molecule has 0 aliphatic carbocycles. The van der Waals surface area contributed by atoms with Crippen LogP contribution in [0.25, 0.3) is 0 Å². The standard InChI is InChI=1S/C13H13N3O3/c1-18-11-12(14-7-15-13(11)17)16-9-6-19-10-5-3-2-4-8(9)10/h2-5,7,9H,6H2,1H3,(H2,14,15,16,17). The fourth-order valence-corrected chi connectivity index (χ4v) is 2.13. The molecule has 1 unspecified atom stereocenters. The Labute approximate surface area is 109 Å². The van der Waals surface area contributed by atoms with Crippen LogP contribution in [-0.2, 0) is 0 Å². The predicted octanol–water partition coefficient (Wildman–Crippen LogP) is 1.32. The van der Waals surface area contributed by atoms with Crippen LogP contribution in [0.2, 0.25) is 0 Å². The van der Waals surface area contributed by atoms with Gasteiger partial charge < -0.3 is 19.8 Å². The van der Waals surface area contributed by atoms with Crippen LogP contribution in [0.15, 0.2) is 35.4 Å². The molecule has 1 aromatic carbocycles. The zero-order valence-corrected chi connectivity index (χ0v) is 10.3. The van der Waals surface area contributed by atoms with Gasteiger partial charge in [0, 0.05) is 5.56 Å². The summed E-state index contributed by atoms with van der Waals surface area (Å²) in [6, 6.07) is 7.73. The van der Waals surface area contributed by atoms with Gasteiger partial charge in [0.15, 0.2) is 5.82 Å². The predicted molar refractivity (Wildman–Crippen MR) is 69.7 cm³/mol. The van der Waals surface area contributed by atoms with Crippen molar-refractivity contribution in [2.24, 2.45) is 0 Å². The number of hydrogen-bond acceptors (Lipinski definition) is 5. The van der Waals surface area contributed by atoms with Crippen molar-refractivity contribution in [3.05, 3.63) is 46.5 Å². The van der Waals surface area contributed by atoms with Crippen LogP contribution in [0.3, 0.4) is 0 Å². The smallest absolute Gasteiger partial charge is 0.295 e. The number of benzene rings is 1. The van der Waals surface area contributed by atoms with Gasteiger partial charge in [-0.05, 0) is 6.07 Å². The van der Waals surface area contributed by atoms with E-state index < -0.39 is 0 Å². The molecule has 0 radical (unpaired) electrons. The molecule has 0 spiro atoms. The molecular formula is C13H13N3O3. The lowest BCUT2D eigenvalue weighted by Gasteiger charge is -2.13. The van der Waals surface area contributed by atoms with E-state index in [9.17, 15) is 4.79 Å². The highest BCUT2D eigenvalue weighted by molar-refractivity contribution is 5.52. The number of aromatic nitrogens is 2. The summed E-state index contributed by atoms with van der Waals surface area (Å²) in [7, 11) is 1.44. The number of H-pyrrole nitrogens is 1. The largest absolute Gasteiger partial charge is 0.491 e. The number of aromatic amines is 1. The summed E-state index contributed by atoms with van der Waals surface area (Å²) in [4.78, 5) is 18.2. The zero-order chi connectivity index (χ0) is 13.2. The third-order valence-corrected chi connectivity index (χ3v) is 3.03. The Hall–Kier alpha value is -2.50. The van der Waals surface area contributed by atoms with Gasteiger partial charge in [0.1, 0.15) is 12.4 Å². The molecule has 3 rings (SSSR count). The maximum Gasteiger partial charge on any atom is 0.295 e. The summed E-state index contributed by atoms with van der Waals surface area (Å²) in [6.45, 7) is 0.497. The molecule has 2 aromatic rings. The Bertz CT molecular complexity index is 654. The molecule has 6 nitrogen and oxygen atoms in total. The first-order chi connectivity index (χ1) is 9.29. The molecule has 98 valence electrons. The SMILES string of the molecule is COc1c(NC2COc3ccccc32)nc[nH]c1=O. The van der Waals surface area contributed by atoms with Crippen molar-refractivity contribution in [2.45, 2.75) is 6.04 Å². The van der Waals surface area contributed by atoms with Crippen molar-refractivity contribution >= 4 is 5.82 Å². The van der Waals surface area contributed by atoms with Crippen molar-refractivity contribution in [1.29, 1.82) is 0 Å². The van der Waals surface area contributed by atoms with E-state index in [0.717, 1.165) is 11.3 Å². The number of para-hydroxylation sites is 1. The lowest BCUT2D eigenvalue weighted by molar-refractivity contribution is 0.339. The van der Waals surface area contributed by atoms with Crippen LogP contribution in [0, 0.1) is 0 Å². The van der Waals surface area contributed by atoms with Gasteiger partial charge in [-0.25, -0.2) is 4.98 Å². The van der Waals surface area contributed by atoms with Gasteiger partial charge in [0.2, 0.25) is 5.75 Å². The fourth-order valence-electron chi connectivity index (χ4n) is 2.13. The Morgan fingerprint density at radius 3 is 3.16 bits per heavy atom. The molecular weight excluding hydrogens is 246 g/mol. The van der Waals surface area contributed by atoms with Crippen LogP contribution >= 0.6 is 0 Å². The number of nitrogens with one attached hydrogen (secondary N) is 2. The van der Waals surface area contributed by atoms with E-state index in [2.05, 4.69) is 15.3 Å². The molecule has 6 heteroatoms. The maximum absolute atomic E-state index is 11.6. The van der Waals surface area contributed by atoms with Gasteiger partial charge in [-0.2, -0.15) is 0 Å². The Kier molecular flexibility index (Phi) is 2.83. The molecule has 1 atom stereocenters. The van der Waals surface area contributed by atoms with Crippen molar-refractivity contribution in [3.63, 3.8) is 0 Å². The van der Waals surface area contributed by atoms with E-state index in [-0.39, 0.29) is 17.4 Å². The summed E-state index contributed by atoms with van der Waals surface area (Å²) in [5.41, 5.74) is 0.735. The van der Waals surface area contributed by atoms with Crippen LogP contribution in [0.4, 0.5) is 5.82 Å². The average molecular weight is 259 g/mol. The molecule has 2 heterocycles. The molecule has 0 saturated heterocycles. The van der Waals surface area contributed by atoms with Gasteiger partial charge in [0.25, 0.3) is 5.56 Å². The first-order valence-corrected chi connectivity index (χ1v) is 5.89. The summed E-state index contributed by atoms with van der Waals surface area (Å²) < 4.78 is 10.6. The van der Waals surface area contributed by atoms with Crippen LogP contribution in [0.5, 0.6) is 11.5 Å². The molecule has 0 saturated carbocycles. The molecule has 0 bridgehead atoms. The van der Waals surface area contributed by atoms with E-state index in [1.54, 1.807) is 0 Å². The van der Waals surface area contributed by atoms with E-state index in [4.69, 9.17) is 9.47 Å². The normalized spacial score (nSPS) is 16.6. The number of nitrogens with zero attached hydrogens (tertiary/aromatic N) is 1. The topological polar surface area (TPSA) is 76.2 Å². The van der Waals surface area contributed by atoms with Crippen molar-refractivity contribution in [3.8, 4) is 11.5 Å². The van der Waals surface area contributed by atoms with Gasteiger partial charge >= 0.3 is 0 Å². The van der Waals surface area contributed by atoms with Gasteiger partial charge in [0.05, 0.1) is 19.5 Å². The number of methoxy groups -OCH3 is 1. The van der Waals surface area contributed by atoms with Crippen LogP contribution < -0.4 is 20.3 Å². The third kappa shape index (κ3) is 2.01. The third-order valence-electron chi connectivity index (χ3n) is 3.03. The summed E-state index contributed by atoms with van der Waals surface area (Å²) >= 11 is 0. The first kappa shape index (κ1) is 11.6. The number of hydrogen-bond donors (Lipinski definition) is 2. The minimum atomic E-state index is -0.313. The second-order valence-corrected chi connectivity index (χ2v) is 4.16. The zero-order valence-electron chi connectivity index (χ0n) is 10.3. The van der Waals surface area contributed by atoms with Crippen molar-refractivity contribution in [1.82, 2.24) is 9.97 Å². The molecule has 1 aliphatic heterocycles. The monoisotopic (exact) mass is 259 g/mol. The Morgan fingerprint density at radius 2 is 2.32 bits per heavy atom. The van der Waals surface area contributed by atoms with Gasteiger partial charge in [-0.15, -0.1) is 0 Å². The van der Waals surface area contributed by atoms with Gasteiger partial charge in [-0.1, -0.05) is 18.2 Å². The lowest BCUT2D eigenvalue weighted by Crippen LogP contribution is -2.18. The highest BCUT2D eigenvalue weighted by Crippen LogP contribution is 2.34. The Morgan fingerprint density at radius 1 is 1.47 bits per heavy atom. The lowest BCUT2D eigenvalue weighted by atomic mass is 10.1. The van der Waals surface area contributed by atoms with Crippen LogP contribution in [0.1, 0.15) is 11.6 Å². The number of fused-ring (bicyclic) bond motifs is 1. The van der Waals surface area contributed by atoms with E-state index in [1.165, 1.54) is 13.4 Å². The highest BCUT2D eigenvalue weighted by Gasteiger charge is 2.25. The van der Waals surface area contributed by atoms with E-state index in [0.29, 0.717) is 12.4 Å². The molecule has 19 heavy (non-hydrogen) atoms. The summed E-state index contributed by atoms with van der Waals surface area (Å²) in [5, 5.41) is 3.18. The van der Waals surface area contributed by atoms with Crippen molar-refractivity contribution < 1.29 is 9.47 Å². The Balaban J connectivity index is 1.92. The fraction of sp³-hybridized carbons (Fsp3) is 0.231. The maximum atomic E-state index is 11.6. The van der Waals surface area contributed by atoms with E-state index >= 15 is 0 Å². The number of anilines is 1. The molecule has 0 amide bonds. The minimum absolute atomic E-state index is 0.0422. The minimum Gasteiger partial charge on any atom is -0.491 e. The average Bonchev–Trinajstić information content (AvgIpc) is 2.83. The second-order valence-electron chi connectivity index (χ2n) is 4.16.